The third kappa shape index (κ3) is 9.68. The fourth-order valence-corrected chi connectivity index (χ4v) is 8.11. The minimum atomic E-state index is 0.182. The van der Waals surface area contributed by atoms with Gasteiger partial charge in [0.2, 0.25) is 0 Å². The van der Waals surface area contributed by atoms with Crippen LogP contribution in [0.25, 0.3) is 11.1 Å². The highest BCUT2D eigenvalue weighted by molar-refractivity contribution is 5.64. The smallest absolute Gasteiger partial charge is 0.0199 e. The van der Waals surface area contributed by atoms with Crippen molar-refractivity contribution < 1.29 is 0 Å². The van der Waals surface area contributed by atoms with E-state index in [1.54, 1.807) is 0 Å². The maximum Gasteiger partial charge on any atom is 0.0199 e. The molecule has 0 aromatic heterocycles. The normalized spacial score (nSPS) is 13.7. The fourth-order valence-electron chi connectivity index (χ4n) is 8.11. The van der Waals surface area contributed by atoms with Gasteiger partial charge in [-0.25, -0.2) is 0 Å². The monoisotopic (exact) mass is 680 g/mol. The summed E-state index contributed by atoms with van der Waals surface area (Å²) in [6, 6.07) is 62.9. The largest absolute Gasteiger partial charge is 0.103 e. The molecular weight excluding hydrogens is 625 g/mol. The number of hydrogen-bond donors (Lipinski definition) is 0. The highest BCUT2D eigenvalue weighted by atomic mass is 14.3. The first-order valence-corrected chi connectivity index (χ1v) is 19.7. The lowest BCUT2D eigenvalue weighted by molar-refractivity contribution is 0.441. The Kier molecular flexibility index (Phi) is 13.5. The summed E-state index contributed by atoms with van der Waals surface area (Å²) >= 11 is 0. The van der Waals surface area contributed by atoms with E-state index >= 15 is 0 Å². The molecule has 0 aliphatic rings. The summed E-state index contributed by atoms with van der Waals surface area (Å²) in [6.07, 6.45) is 10.9. The van der Waals surface area contributed by atoms with Crippen molar-refractivity contribution in [2.24, 2.45) is 5.92 Å². The molecule has 0 aliphatic heterocycles. The molecule has 0 heterocycles. The zero-order valence-electron chi connectivity index (χ0n) is 31.3. The van der Waals surface area contributed by atoms with E-state index in [0.717, 1.165) is 0 Å². The molecule has 0 saturated heterocycles. The number of allylic oxidation sites excluding steroid dienone is 1. The second kappa shape index (κ2) is 19.1. The van der Waals surface area contributed by atoms with Gasteiger partial charge in [-0.15, -0.1) is 6.58 Å². The van der Waals surface area contributed by atoms with Crippen LogP contribution in [0.4, 0.5) is 0 Å². The molecule has 6 aromatic rings. The molecule has 0 N–H and O–H groups in total. The number of rotatable bonds is 18. The minimum Gasteiger partial charge on any atom is -0.103 e. The van der Waals surface area contributed by atoms with Gasteiger partial charge in [0, 0.05) is 11.8 Å². The van der Waals surface area contributed by atoms with Gasteiger partial charge in [0.1, 0.15) is 0 Å². The Labute approximate surface area is 314 Å². The lowest BCUT2D eigenvalue weighted by atomic mass is 9.73. The van der Waals surface area contributed by atoms with E-state index in [4.69, 9.17) is 0 Å². The summed E-state index contributed by atoms with van der Waals surface area (Å²) < 4.78 is 0. The first kappa shape index (κ1) is 36.8. The van der Waals surface area contributed by atoms with Gasteiger partial charge in [0.05, 0.1) is 0 Å². The SMILES string of the molecule is C=CC(CCCC)CCC(CCC(C)c1ccc(-c2ccc(C(c3ccccc3)C(c3ccccc3)c3ccccc3)cc2)cc1)c1ccccc1. The van der Waals surface area contributed by atoms with Crippen molar-refractivity contribution in [3.8, 4) is 11.1 Å². The van der Waals surface area contributed by atoms with Crippen molar-refractivity contribution in [1.29, 1.82) is 0 Å². The van der Waals surface area contributed by atoms with E-state index in [0.29, 0.717) is 17.8 Å². The summed E-state index contributed by atoms with van der Waals surface area (Å²) in [4.78, 5) is 0. The summed E-state index contributed by atoms with van der Waals surface area (Å²) in [6.45, 7) is 8.85. The minimum absolute atomic E-state index is 0.182. The predicted molar refractivity (Wildman–Crippen MR) is 224 cm³/mol. The van der Waals surface area contributed by atoms with Gasteiger partial charge in [0.15, 0.2) is 0 Å². The molecule has 0 nitrogen and oxygen atoms in total. The molecule has 0 amide bonds. The van der Waals surface area contributed by atoms with Crippen LogP contribution in [0, 0.1) is 5.92 Å². The zero-order chi connectivity index (χ0) is 36.0. The molecular formula is C52H56. The van der Waals surface area contributed by atoms with Crippen LogP contribution in [-0.4, -0.2) is 0 Å². The maximum atomic E-state index is 4.16. The molecule has 4 atom stereocenters. The van der Waals surface area contributed by atoms with E-state index in [9.17, 15) is 0 Å². The van der Waals surface area contributed by atoms with Gasteiger partial charge in [-0.1, -0.05) is 203 Å². The molecule has 264 valence electrons. The Morgan fingerprint density at radius 2 is 0.808 bits per heavy atom. The van der Waals surface area contributed by atoms with Gasteiger partial charge in [0.25, 0.3) is 0 Å². The van der Waals surface area contributed by atoms with Crippen LogP contribution in [-0.2, 0) is 0 Å². The lowest BCUT2D eigenvalue weighted by Gasteiger charge is -2.29. The molecule has 6 rings (SSSR count). The highest BCUT2D eigenvalue weighted by Gasteiger charge is 2.28. The maximum absolute atomic E-state index is 4.16. The predicted octanol–water partition coefficient (Wildman–Crippen LogP) is 14.8. The van der Waals surface area contributed by atoms with Gasteiger partial charge in [-0.3, -0.25) is 0 Å². The zero-order valence-corrected chi connectivity index (χ0v) is 31.3. The number of benzene rings is 6. The van der Waals surface area contributed by atoms with Gasteiger partial charge in [-0.2, -0.15) is 0 Å². The fraction of sp³-hybridized carbons (Fsp3) is 0.269. The van der Waals surface area contributed by atoms with Crippen molar-refractivity contribution in [2.45, 2.75) is 82.5 Å². The molecule has 0 radical (unpaired) electrons. The average molecular weight is 681 g/mol. The lowest BCUT2D eigenvalue weighted by Crippen LogP contribution is -2.14. The van der Waals surface area contributed by atoms with E-state index in [1.165, 1.54) is 89.5 Å². The van der Waals surface area contributed by atoms with Gasteiger partial charge < -0.3 is 0 Å². The second-order valence-electron chi connectivity index (χ2n) is 14.7. The molecule has 6 aromatic carbocycles. The standard InChI is InChI=1S/C52H56/c1-4-6-19-41(5-2)29-31-44(43-20-11-7-12-21-43)30-28-40(3)42-32-34-45(35-33-42)46-36-38-50(39-37-46)52(49-26-17-10-18-27-49)51(47-22-13-8-14-23-47)48-24-15-9-16-25-48/h5,7-18,20-27,32-41,44,51-52H,2,4,6,19,28-31H2,1,3H3. The summed E-state index contributed by atoms with van der Waals surface area (Å²) in [5.41, 5.74) is 10.8. The van der Waals surface area contributed by atoms with Crippen LogP contribution in [0.2, 0.25) is 0 Å². The van der Waals surface area contributed by atoms with Crippen molar-refractivity contribution in [2.75, 3.05) is 0 Å². The molecule has 52 heavy (non-hydrogen) atoms. The average Bonchev–Trinajstić information content (AvgIpc) is 3.22. The summed E-state index contributed by atoms with van der Waals surface area (Å²) in [7, 11) is 0. The Morgan fingerprint density at radius 1 is 0.423 bits per heavy atom. The van der Waals surface area contributed by atoms with E-state index in [1.807, 2.05) is 0 Å². The second-order valence-corrected chi connectivity index (χ2v) is 14.7. The van der Waals surface area contributed by atoms with Crippen LogP contribution in [0.3, 0.4) is 0 Å². The molecule has 0 fully saturated rings. The number of unbranched alkanes of at least 4 members (excludes halogenated alkanes) is 1. The van der Waals surface area contributed by atoms with E-state index in [2.05, 4.69) is 196 Å². The van der Waals surface area contributed by atoms with Crippen LogP contribution < -0.4 is 0 Å². The summed E-state index contributed by atoms with van der Waals surface area (Å²) in [5, 5.41) is 0. The Bertz CT molecular complexity index is 1830. The van der Waals surface area contributed by atoms with Crippen LogP contribution in [0.1, 0.15) is 116 Å². The van der Waals surface area contributed by atoms with Gasteiger partial charge >= 0.3 is 0 Å². The van der Waals surface area contributed by atoms with Crippen LogP contribution in [0.15, 0.2) is 183 Å². The summed E-state index contributed by atoms with van der Waals surface area (Å²) in [5.74, 6) is 2.11. The Hall–Kier alpha value is -4.94. The first-order valence-electron chi connectivity index (χ1n) is 19.7. The Morgan fingerprint density at radius 3 is 1.23 bits per heavy atom. The van der Waals surface area contributed by atoms with Crippen molar-refractivity contribution in [1.82, 2.24) is 0 Å². The highest BCUT2D eigenvalue weighted by Crippen LogP contribution is 2.43. The van der Waals surface area contributed by atoms with Crippen LogP contribution >= 0.6 is 0 Å². The molecule has 0 bridgehead atoms. The third-order valence-corrected chi connectivity index (χ3v) is 11.3. The topological polar surface area (TPSA) is 0 Å². The van der Waals surface area contributed by atoms with Crippen molar-refractivity contribution >= 4 is 0 Å². The molecule has 0 spiro atoms. The Balaban J connectivity index is 1.18. The van der Waals surface area contributed by atoms with E-state index < -0.39 is 0 Å². The molecule has 0 aliphatic carbocycles. The number of hydrogen-bond acceptors (Lipinski definition) is 0. The van der Waals surface area contributed by atoms with Crippen molar-refractivity contribution in [3.63, 3.8) is 0 Å². The van der Waals surface area contributed by atoms with Gasteiger partial charge in [-0.05, 0) is 94.4 Å². The van der Waals surface area contributed by atoms with Crippen LogP contribution in [0.5, 0.6) is 0 Å². The van der Waals surface area contributed by atoms with Crippen molar-refractivity contribution in [3.05, 3.63) is 216 Å². The molecule has 0 saturated carbocycles. The van der Waals surface area contributed by atoms with E-state index in [-0.39, 0.29) is 11.8 Å². The quantitative estimate of drug-likeness (QED) is 0.0793. The molecule has 0 heteroatoms. The third-order valence-electron chi connectivity index (χ3n) is 11.3. The molecule has 4 unspecified atom stereocenters. The first-order chi connectivity index (χ1) is 25.6.